The van der Waals surface area contributed by atoms with Crippen molar-refractivity contribution in [3.8, 4) is 0 Å². The zero-order valence-corrected chi connectivity index (χ0v) is 11.9. The molecule has 0 aromatic heterocycles. The van der Waals surface area contributed by atoms with E-state index in [1.54, 1.807) is 6.92 Å². The highest BCUT2D eigenvalue weighted by atomic mass is 19.1. The molecule has 106 valence electrons. The van der Waals surface area contributed by atoms with E-state index < -0.39 is 6.10 Å². The van der Waals surface area contributed by atoms with Crippen molar-refractivity contribution in [3.63, 3.8) is 0 Å². The maximum Gasteiger partial charge on any atom is 0.123 e. The molecule has 1 aliphatic heterocycles. The molecule has 0 radical (unpaired) electrons. The standard InChI is InChI=1S/C16H24FNO/c1-3-14-7-5-4-6-10-18(14)16-9-8-13(17)11-15(16)12(2)19/h8-9,11-12,14,19H,3-7,10H2,1-2H3/t12-,14?/m1/s1. The van der Waals surface area contributed by atoms with Gasteiger partial charge in [0.25, 0.3) is 0 Å². The van der Waals surface area contributed by atoms with Crippen LogP contribution in [0.25, 0.3) is 0 Å². The van der Waals surface area contributed by atoms with Gasteiger partial charge >= 0.3 is 0 Å². The van der Waals surface area contributed by atoms with Gasteiger partial charge in [-0.25, -0.2) is 4.39 Å². The molecular weight excluding hydrogens is 241 g/mol. The largest absolute Gasteiger partial charge is 0.389 e. The summed E-state index contributed by atoms with van der Waals surface area (Å²) in [5, 5.41) is 9.90. The molecule has 1 saturated heterocycles. The Bertz CT molecular complexity index is 419. The third-order valence-electron chi connectivity index (χ3n) is 4.10. The van der Waals surface area contributed by atoms with Crippen LogP contribution < -0.4 is 4.90 Å². The molecule has 1 aromatic rings. The molecular formula is C16H24FNO. The zero-order valence-electron chi connectivity index (χ0n) is 11.9. The van der Waals surface area contributed by atoms with Gasteiger partial charge in [0.2, 0.25) is 0 Å². The predicted molar refractivity (Wildman–Crippen MR) is 76.9 cm³/mol. The lowest BCUT2D eigenvalue weighted by Gasteiger charge is -2.33. The van der Waals surface area contributed by atoms with E-state index in [9.17, 15) is 9.50 Å². The highest BCUT2D eigenvalue weighted by Gasteiger charge is 2.23. The van der Waals surface area contributed by atoms with E-state index in [0.29, 0.717) is 11.6 Å². The van der Waals surface area contributed by atoms with E-state index in [0.717, 1.165) is 18.7 Å². The van der Waals surface area contributed by atoms with Crippen LogP contribution in [0, 0.1) is 5.82 Å². The number of benzene rings is 1. The molecule has 2 nitrogen and oxygen atoms in total. The van der Waals surface area contributed by atoms with Crippen LogP contribution in [-0.2, 0) is 0 Å². The summed E-state index contributed by atoms with van der Waals surface area (Å²) < 4.78 is 13.4. The maximum absolute atomic E-state index is 13.4. The second-order valence-electron chi connectivity index (χ2n) is 5.48. The molecule has 0 saturated carbocycles. The zero-order chi connectivity index (χ0) is 13.8. The first-order valence-corrected chi connectivity index (χ1v) is 7.37. The lowest BCUT2D eigenvalue weighted by molar-refractivity contribution is 0.199. The number of hydrogen-bond acceptors (Lipinski definition) is 2. The van der Waals surface area contributed by atoms with Crippen molar-refractivity contribution in [2.24, 2.45) is 0 Å². The van der Waals surface area contributed by atoms with Crippen LogP contribution in [0.1, 0.15) is 57.6 Å². The van der Waals surface area contributed by atoms with Crippen LogP contribution in [0.2, 0.25) is 0 Å². The summed E-state index contributed by atoms with van der Waals surface area (Å²) in [5.41, 5.74) is 1.71. The number of halogens is 1. The first kappa shape index (κ1) is 14.3. The van der Waals surface area contributed by atoms with E-state index in [1.165, 1.54) is 37.8 Å². The molecule has 1 aromatic carbocycles. The minimum atomic E-state index is -0.633. The summed E-state index contributed by atoms with van der Waals surface area (Å²) in [6.45, 7) is 4.91. The second-order valence-corrected chi connectivity index (χ2v) is 5.48. The SMILES string of the molecule is CCC1CCCCCN1c1ccc(F)cc1[C@@H](C)O. The Labute approximate surface area is 115 Å². The molecule has 2 rings (SSSR count). The highest BCUT2D eigenvalue weighted by molar-refractivity contribution is 5.55. The van der Waals surface area contributed by atoms with Gasteiger partial charge in [-0.2, -0.15) is 0 Å². The van der Waals surface area contributed by atoms with Crippen LogP contribution in [-0.4, -0.2) is 17.7 Å². The van der Waals surface area contributed by atoms with Gasteiger partial charge in [-0.3, -0.25) is 0 Å². The normalized spacial score (nSPS) is 22.1. The Morgan fingerprint density at radius 3 is 2.84 bits per heavy atom. The number of aliphatic hydroxyl groups is 1. The lowest BCUT2D eigenvalue weighted by Crippen LogP contribution is -2.35. The summed E-state index contributed by atoms with van der Waals surface area (Å²) in [6.07, 6.45) is 5.35. The van der Waals surface area contributed by atoms with Gasteiger partial charge in [0.1, 0.15) is 5.82 Å². The Hall–Kier alpha value is -1.09. The molecule has 1 aliphatic rings. The average molecular weight is 265 g/mol. The van der Waals surface area contributed by atoms with E-state index in [4.69, 9.17) is 0 Å². The molecule has 19 heavy (non-hydrogen) atoms. The molecule has 2 atom stereocenters. The predicted octanol–water partition coefficient (Wildman–Crippen LogP) is 4.04. The van der Waals surface area contributed by atoms with Crippen LogP contribution in [0.4, 0.5) is 10.1 Å². The van der Waals surface area contributed by atoms with Crippen LogP contribution in [0.15, 0.2) is 18.2 Å². The van der Waals surface area contributed by atoms with Crippen molar-refractivity contribution in [3.05, 3.63) is 29.6 Å². The maximum atomic E-state index is 13.4. The molecule has 0 amide bonds. The van der Waals surface area contributed by atoms with Gasteiger partial charge in [0.15, 0.2) is 0 Å². The third kappa shape index (κ3) is 3.27. The fourth-order valence-corrected chi connectivity index (χ4v) is 3.04. The van der Waals surface area contributed by atoms with Crippen molar-refractivity contribution in [2.45, 2.75) is 58.1 Å². The summed E-state index contributed by atoms with van der Waals surface area (Å²) in [4.78, 5) is 2.37. The minimum absolute atomic E-state index is 0.275. The summed E-state index contributed by atoms with van der Waals surface area (Å²) in [5.74, 6) is -0.275. The van der Waals surface area contributed by atoms with Crippen molar-refractivity contribution < 1.29 is 9.50 Å². The van der Waals surface area contributed by atoms with Gasteiger partial charge in [0.05, 0.1) is 6.10 Å². The molecule has 1 fully saturated rings. The highest BCUT2D eigenvalue weighted by Crippen LogP contribution is 2.32. The van der Waals surface area contributed by atoms with Crippen molar-refractivity contribution in [1.82, 2.24) is 0 Å². The van der Waals surface area contributed by atoms with Crippen molar-refractivity contribution >= 4 is 5.69 Å². The Morgan fingerprint density at radius 1 is 1.37 bits per heavy atom. The minimum Gasteiger partial charge on any atom is -0.389 e. The quantitative estimate of drug-likeness (QED) is 0.891. The van der Waals surface area contributed by atoms with E-state index in [2.05, 4.69) is 11.8 Å². The molecule has 0 bridgehead atoms. The van der Waals surface area contributed by atoms with Crippen molar-refractivity contribution in [1.29, 1.82) is 0 Å². The monoisotopic (exact) mass is 265 g/mol. The molecule has 3 heteroatoms. The molecule has 0 aliphatic carbocycles. The third-order valence-corrected chi connectivity index (χ3v) is 4.10. The van der Waals surface area contributed by atoms with Crippen LogP contribution >= 0.6 is 0 Å². The first-order chi connectivity index (χ1) is 9.13. The first-order valence-electron chi connectivity index (χ1n) is 7.37. The number of aliphatic hydroxyl groups excluding tert-OH is 1. The summed E-state index contributed by atoms with van der Waals surface area (Å²) in [6, 6.07) is 5.30. The number of rotatable bonds is 3. The second kappa shape index (κ2) is 6.38. The Kier molecular flexibility index (Phi) is 4.81. The topological polar surface area (TPSA) is 23.5 Å². The fraction of sp³-hybridized carbons (Fsp3) is 0.625. The van der Waals surface area contributed by atoms with E-state index in [-0.39, 0.29) is 5.82 Å². The average Bonchev–Trinajstić information content (AvgIpc) is 2.63. The number of hydrogen-bond donors (Lipinski definition) is 1. The van der Waals surface area contributed by atoms with Gasteiger partial charge in [-0.1, -0.05) is 19.8 Å². The smallest absolute Gasteiger partial charge is 0.123 e. The lowest BCUT2D eigenvalue weighted by atomic mass is 10.0. The van der Waals surface area contributed by atoms with E-state index >= 15 is 0 Å². The van der Waals surface area contributed by atoms with E-state index in [1.807, 2.05) is 6.07 Å². The van der Waals surface area contributed by atoms with Crippen LogP contribution in [0.5, 0.6) is 0 Å². The van der Waals surface area contributed by atoms with Gasteiger partial charge in [0, 0.05) is 23.8 Å². The Balaban J connectivity index is 2.37. The number of nitrogens with zero attached hydrogens (tertiary/aromatic N) is 1. The van der Waals surface area contributed by atoms with Gasteiger partial charge in [-0.15, -0.1) is 0 Å². The Morgan fingerprint density at radius 2 is 2.16 bits per heavy atom. The van der Waals surface area contributed by atoms with Crippen LogP contribution in [0.3, 0.4) is 0 Å². The molecule has 1 unspecified atom stereocenters. The van der Waals surface area contributed by atoms with Gasteiger partial charge < -0.3 is 10.0 Å². The number of anilines is 1. The molecule has 0 spiro atoms. The fourth-order valence-electron chi connectivity index (χ4n) is 3.04. The summed E-state index contributed by atoms with van der Waals surface area (Å²) >= 11 is 0. The molecule has 1 N–H and O–H groups in total. The molecule has 1 heterocycles. The van der Waals surface area contributed by atoms with Gasteiger partial charge in [-0.05, 0) is 44.4 Å². The van der Waals surface area contributed by atoms with Crippen molar-refractivity contribution in [2.75, 3.05) is 11.4 Å². The summed E-state index contributed by atoms with van der Waals surface area (Å²) in [7, 11) is 0.